The maximum atomic E-state index is 5.53. The molecule has 2 nitrogen and oxygen atoms in total. The van der Waals surface area contributed by atoms with E-state index in [0.29, 0.717) is 18.3 Å². The lowest BCUT2D eigenvalue weighted by molar-refractivity contribution is 0.863. The van der Waals surface area contributed by atoms with Crippen molar-refractivity contribution in [3.05, 3.63) is 30.3 Å². The molecular formula is C9H14N2S. The Morgan fingerprint density at radius 3 is 2.17 bits per heavy atom. The van der Waals surface area contributed by atoms with E-state index in [9.17, 15) is 0 Å². The molecule has 12 heavy (non-hydrogen) atoms. The molecule has 0 aliphatic carbocycles. The van der Waals surface area contributed by atoms with Gasteiger partial charge in [0.2, 0.25) is 0 Å². The molecule has 0 radical (unpaired) electrons. The Bertz CT molecular complexity index is 209. The highest BCUT2D eigenvalue weighted by Gasteiger charge is 2.04. The Labute approximate surface area is 77.3 Å². The Morgan fingerprint density at radius 1 is 1.08 bits per heavy atom. The van der Waals surface area contributed by atoms with Crippen molar-refractivity contribution in [1.29, 1.82) is 0 Å². The van der Waals surface area contributed by atoms with Crippen molar-refractivity contribution in [2.75, 3.05) is 13.1 Å². The quantitative estimate of drug-likeness (QED) is 0.685. The molecule has 0 bridgehead atoms. The van der Waals surface area contributed by atoms with E-state index < -0.39 is 0 Å². The number of benzene rings is 1. The maximum Gasteiger partial charge on any atom is 0.0340 e. The fraction of sp³-hybridized carbons (Fsp3) is 0.333. The van der Waals surface area contributed by atoms with Gasteiger partial charge in [-0.15, -0.1) is 11.8 Å². The van der Waals surface area contributed by atoms with Crippen LogP contribution in [-0.4, -0.2) is 18.3 Å². The lowest BCUT2D eigenvalue weighted by Gasteiger charge is -2.10. The van der Waals surface area contributed by atoms with Gasteiger partial charge in [0, 0.05) is 23.2 Å². The molecule has 4 N–H and O–H groups in total. The minimum absolute atomic E-state index is 0.340. The zero-order valence-electron chi connectivity index (χ0n) is 6.94. The predicted octanol–water partition coefficient (Wildman–Crippen LogP) is 1.06. The Morgan fingerprint density at radius 2 is 1.67 bits per heavy atom. The summed E-state index contributed by atoms with van der Waals surface area (Å²) in [5, 5.41) is 0.340. The van der Waals surface area contributed by atoms with Gasteiger partial charge in [-0.25, -0.2) is 0 Å². The van der Waals surface area contributed by atoms with Crippen LogP contribution in [0.25, 0.3) is 0 Å². The van der Waals surface area contributed by atoms with Crippen LogP contribution in [0.4, 0.5) is 0 Å². The molecule has 0 amide bonds. The summed E-state index contributed by atoms with van der Waals surface area (Å²) < 4.78 is 0. The second kappa shape index (κ2) is 5.19. The fourth-order valence-corrected chi connectivity index (χ4v) is 1.78. The van der Waals surface area contributed by atoms with Gasteiger partial charge in [0.05, 0.1) is 0 Å². The summed E-state index contributed by atoms with van der Waals surface area (Å²) in [5.74, 6) is 0. The van der Waals surface area contributed by atoms with Gasteiger partial charge in [-0.05, 0) is 12.1 Å². The van der Waals surface area contributed by atoms with E-state index in [0.717, 1.165) is 0 Å². The molecule has 0 heterocycles. The second-order valence-corrected chi connectivity index (χ2v) is 3.90. The van der Waals surface area contributed by atoms with Gasteiger partial charge in [-0.1, -0.05) is 18.2 Å². The topological polar surface area (TPSA) is 52.0 Å². The first-order valence-corrected chi connectivity index (χ1v) is 4.86. The summed E-state index contributed by atoms with van der Waals surface area (Å²) >= 11 is 1.74. The first-order valence-electron chi connectivity index (χ1n) is 3.98. The zero-order chi connectivity index (χ0) is 8.81. The Kier molecular flexibility index (Phi) is 4.14. The zero-order valence-corrected chi connectivity index (χ0v) is 7.76. The van der Waals surface area contributed by atoms with Crippen molar-refractivity contribution >= 4 is 11.8 Å². The van der Waals surface area contributed by atoms with Crippen LogP contribution < -0.4 is 11.5 Å². The molecule has 1 aromatic carbocycles. The van der Waals surface area contributed by atoms with Gasteiger partial charge in [0.15, 0.2) is 0 Å². The highest BCUT2D eigenvalue weighted by atomic mass is 32.2. The molecule has 1 aromatic rings. The fourth-order valence-electron chi connectivity index (χ4n) is 0.884. The standard InChI is InChI=1S/C9H14N2S/c10-6-9(7-11)12-8-4-2-1-3-5-8/h1-5,9H,6-7,10-11H2. The maximum absolute atomic E-state index is 5.53. The summed E-state index contributed by atoms with van der Waals surface area (Å²) in [7, 11) is 0. The van der Waals surface area contributed by atoms with Crippen molar-refractivity contribution < 1.29 is 0 Å². The molecule has 0 saturated heterocycles. The summed E-state index contributed by atoms with van der Waals surface area (Å²) in [6.07, 6.45) is 0. The van der Waals surface area contributed by atoms with Crippen LogP contribution in [-0.2, 0) is 0 Å². The highest BCUT2D eigenvalue weighted by Crippen LogP contribution is 2.21. The predicted molar refractivity (Wildman–Crippen MR) is 54.2 cm³/mol. The first-order chi connectivity index (χ1) is 5.86. The third-order valence-electron chi connectivity index (χ3n) is 1.57. The van der Waals surface area contributed by atoms with Crippen molar-refractivity contribution in [1.82, 2.24) is 0 Å². The number of hydrogen-bond acceptors (Lipinski definition) is 3. The normalized spacial score (nSPS) is 10.6. The summed E-state index contributed by atoms with van der Waals surface area (Å²) in [4.78, 5) is 1.23. The van der Waals surface area contributed by atoms with Gasteiger partial charge >= 0.3 is 0 Å². The van der Waals surface area contributed by atoms with E-state index in [1.165, 1.54) is 4.90 Å². The van der Waals surface area contributed by atoms with Gasteiger partial charge in [0.1, 0.15) is 0 Å². The van der Waals surface area contributed by atoms with Crippen molar-refractivity contribution in [3.63, 3.8) is 0 Å². The largest absolute Gasteiger partial charge is 0.329 e. The van der Waals surface area contributed by atoms with Gasteiger partial charge < -0.3 is 11.5 Å². The Hall–Kier alpha value is -0.510. The van der Waals surface area contributed by atoms with E-state index in [1.807, 2.05) is 18.2 Å². The van der Waals surface area contributed by atoms with Gasteiger partial charge in [-0.3, -0.25) is 0 Å². The first kappa shape index (κ1) is 9.58. The number of rotatable bonds is 4. The molecule has 0 aliphatic heterocycles. The molecule has 0 saturated carbocycles. The smallest absolute Gasteiger partial charge is 0.0340 e. The Balaban J connectivity index is 2.51. The number of thioether (sulfide) groups is 1. The van der Waals surface area contributed by atoms with Crippen LogP contribution in [0.3, 0.4) is 0 Å². The minimum atomic E-state index is 0.340. The van der Waals surface area contributed by atoms with E-state index in [1.54, 1.807) is 11.8 Å². The summed E-state index contributed by atoms with van der Waals surface area (Å²) in [6, 6.07) is 10.2. The lowest BCUT2D eigenvalue weighted by atomic mass is 10.4. The lowest BCUT2D eigenvalue weighted by Crippen LogP contribution is -2.25. The van der Waals surface area contributed by atoms with E-state index in [4.69, 9.17) is 11.5 Å². The van der Waals surface area contributed by atoms with Crippen molar-refractivity contribution in [2.24, 2.45) is 11.5 Å². The molecule has 0 fully saturated rings. The summed E-state index contributed by atoms with van der Waals surface area (Å²) in [6.45, 7) is 1.27. The number of hydrogen-bond donors (Lipinski definition) is 2. The van der Waals surface area contributed by atoms with Crippen LogP contribution >= 0.6 is 11.8 Å². The minimum Gasteiger partial charge on any atom is -0.329 e. The molecule has 66 valence electrons. The molecule has 0 unspecified atom stereocenters. The molecule has 0 atom stereocenters. The van der Waals surface area contributed by atoms with Gasteiger partial charge in [-0.2, -0.15) is 0 Å². The second-order valence-electron chi connectivity index (χ2n) is 2.52. The van der Waals surface area contributed by atoms with Crippen LogP contribution in [0, 0.1) is 0 Å². The highest BCUT2D eigenvalue weighted by molar-refractivity contribution is 8.00. The van der Waals surface area contributed by atoms with E-state index >= 15 is 0 Å². The molecule has 0 spiro atoms. The average Bonchev–Trinajstić information content (AvgIpc) is 2.16. The molecular weight excluding hydrogens is 168 g/mol. The van der Waals surface area contributed by atoms with Crippen molar-refractivity contribution in [3.8, 4) is 0 Å². The van der Waals surface area contributed by atoms with Crippen LogP contribution in [0.15, 0.2) is 35.2 Å². The average molecular weight is 182 g/mol. The molecule has 0 aliphatic rings. The van der Waals surface area contributed by atoms with E-state index in [-0.39, 0.29) is 0 Å². The summed E-state index contributed by atoms with van der Waals surface area (Å²) in [5.41, 5.74) is 11.1. The van der Waals surface area contributed by atoms with Crippen molar-refractivity contribution in [2.45, 2.75) is 10.1 Å². The third-order valence-corrected chi connectivity index (χ3v) is 2.83. The van der Waals surface area contributed by atoms with Crippen LogP contribution in [0.1, 0.15) is 0 Å². The van der Waals surface area contributed by atoms with Crippen LogP contribution in [0.5, 0.6) is 0 Å². The molecule has 3 heteroatoms. The number of nitrogens with two attached hydrogens (primary N) is 2. The van der Waals surface area contributed by atoms with Crippen LogP contribution in [0.2, 0.25) is 0 Å². The monoisotopic (exact) mass is 182 g/mol. The van der Waals surface area contributed by atoms with Gasteiger partial charge in [0.25, 0.3) is 0 Å². The molecule has 0 aromatic heterocycles. The SMILES string of the molecule is NCC(CN)Sc1ccccc1. The van der Waals surface area contributed by atoms with E-state index in [2.05, 4.69) is 12.1 Å². The molecule has 1 rings (SSSR count). The third kappa shape index (κ3) is 2.85.